The van der Waals surface area contributed by atoms with E-state index in [9.17, 15) is 13.2 Å². The van der Waals surface area contributed by atoms with Crippen LogP contribution in [-0.4, -0.2) is 65.4 Å². The van der Waals surface area contributed by atoms with Crippen molar-refractivity contribution in [3.05, 3.63) is 53.6 Å². The van der Waals surface area contributed by atoms with Crippen LogP contribution >= 0.6 is 23.4 Å². The van der Waals surface area contributed by atoms with E-state index in [2.05, 4.69) is 9.97 Å². The van der Waals surface area contributed by atoms with E-state index in [4.69, 9.17) is 11.6 Å². The Morgan fingerprint density at radius 1 is 1.07 bits per heavy atom. The maximum absolute atomic E-state index is 12.8. The van der Waals surface area contributed by atoms with Crippen molar-refractivity contribution in [3.63, 3.8) is 0 Å². The molecule has 4 rings (SSSR count). The number of hydrogen-bond donors (Lipinski definition) is 1. The largest absolute Gasteiger partial charge is 0.339 e. The molecule has 1 aromatic heterocycles. The first-order chi connectivity index (χ1) is 13.9. The average Bonchev–Trinajstić information content (AvgIpc) is 3.15. The highest BCUT2D eigenvalue weighted by Crippen LogP contribution is 2.25. The molecule has 29 heavy (non-hydrogen) atoms. The molecule has 0 spiro atoms. The van der Waals surface area contributed by atoms with Gasteiger partial charge in [-0.15, -0.1) is 0 Å². The number of carbonyl (C=O) groups excluding carboxylic acids is 1. The highest BCUT2D eigenvalue weighted by atomic mass is 35.5. The highest BCUT2D eigenvalue weighted by molar-refractivity contribution is 7.99. The molecule has 1 amide bonds. The molecule has 2 heterocycles. The van der Waals surface area contributed by atoms with Gasteiger partial charge in [0.1, 0.15) is 4.90 Å². The van der Waals surface area contributed by atoms with Crippen molar-refractivity contribution in [1.82, 2.24) is 19.2 Å². The summed E-state index contributed by atoms with van der Waals surface area (Å²) in [5, 5.41) is 0.896. The monoisotopic (exact) mass is 450 g/mol. The number of sulfonamides is 1. The van der Waals surface area contributed by atoms with Gasteiger partial charge in [-0.3, -0.25) is 4.79 Å². The predicted molar refractivity (Wildman–Crippen MR) is 114 cm³/mol. The fraction of sp³-hybridized carbons (Fsp3) is 0.263. The number of amides is 1. The van der Waals surface area contributed by atoms with Crippen molar-refractivity contribution < 1.29 is 13.2 Å². The summed E-state index contributed by atoms with van der Waals surface area (Å²) >= 11 is 7.40. The molecule has 10 heteroatoms. The van der Waals surface area contributed by atoms with E-state index in [-0.39, 0.29) is 34.7 Å². The molecule has 1 N–H and O–H groups in total. The number of para-hydroxylation sites is 2. The lowest BCUT2D eigenvalue weighted by Crippen LogP contribution is -2.51. The molecule has 3 aromatic rings. The molecule has 7 nitrogen and oxygen atoms in total. The molecule has 1 aliphatic rings. The Morgan fingerprint density at radius 2 is 1.76 bits per heavy atom. The van der Waals surface area contributed by atoms with E-state index in [1.807, 2.05) is 24.3 Å². The van der Waals surface area contributed by atoms with Gasteiger partial charge in [0.2, 0.25) is 15.9 Å². The zero-order valence-electron chi connectivity index (χ0n) is 15.4. The van der Waals surface area contributed by atoms with Crippen LogP contribution in [0, 0.1) is 0 Å². The van der Waals surface area contributed by atoms with Gasteiger partial charge in [-0.25, -0.2) is 13.4 Å². The standard InChI is InChI=1S/C19H19ClN4O3S2/c20-14-5-1-4-8-17(14)29(26,27)24-11-9-23(10-12-24)18(25)13-28-19-21-15-6-2-3-7-16(15)22-19/h1-8H,9-13H2,(H,21,22). The highest BCUT2D eigenvalue weighted by Gasteiger charge is 2.31. The second-order valence-corrected chi connectivity index (χ2v) is 9.84. The minimum Gasteiger partial charge on any atom is -0.339 e. The van der Waals surface area contributed by atoms with Gasteiger partial charge in [-0.2, -0.15) is 4.31 Å². The molecule has 152 valence electrons. The molecule has 1 fully saturated rings. The van der Waals surface area contributed by atoms with E-state index in [0.717, 1.165) is 11.0 Å². The third-order valence-electron chi connectivity index (χ3n) is 4.75. The normalized spacial score (nSPS) is 15.7. The predicted octanol–water partition coefficient (Wildman–Crippen LogP) is 2.84. The number of benzene rings is 2. The molecule has 1 aliphatic heterocycles. The number of piperazine rings is 1. The van der Waals surface area contributed by atoms with Crippen molar-refractivity contribution in [3.8, 4) is 0 Å². The van der Waals surface area contributed by atoms with E-state index in [0.29, 0.717) is 18.2 Å². The van der Waals surface area contributed by atoms with Crippen LogP contribution < -0.4 is 0 Å². The van der Waals surface area contributed by atoms with Gasteiger partial charge in [-0.05, 0) is 24.3 Å². The minimum absolute atomic E-state index is 0.0368. The topological polar surface area (TPSA) is 86.4 Å². The number of carbonyl (C=O) groups is 1. The van der Waals surface area contributed by atoms with Gasteiger partial charge in [0.05, 0.1) is 21.8 Å². The van der Waals surface area contributed by atoms with Crippen molar-refractivity contribution in [2.75, 3.05) is 31.9 Å². The molecule has 1 saturated heterocycles. The lowest BCUT2D eigenvalue weighted by atomic mass is 10.3. The number of hydrogen-bond acceptors (Lipinski definition) is 5. The maximum Gasteiger partial charge on any atom is 0.244 e. The summed E-state index contributed by atoms with van der Waals surface area (Å²) in [5.41, 5.74) is 1.79. The molecule has 0 saturated carbocycles. The number of thioether (sulfide) groups is 1. The first-order valence-corrected chi connectivity index (χ1v) is 11.9. The number of nitrogens with zero attached hydrogens (tertiary/aromatic N) is 3. The number of imidazole rings is 1. The smallest absolute Gasteiger partial charge is 0.244 e. The number of aromatic amines is 1. The zero-order valence-corrected chi connectivity index (χ0v) is 17.8. The van der Waals surface area contributed by atoms with Crippen LogP contribution in [0.3, 0.4) is 0 Å². The Labute approximate surface area is 178 Å². The average molecular weight is 451 g/mol. The second-order valence-electron chi connectivity index (χ2n) is 6.56. The van der Waals surface area contributed by atoms with Crippen molar-refractivity contribution in [1.29, 1.82) is 0 Å². The van der Waals surface area contributed by atoms with Crippen LogP contribution in [0.15, 0.2) is 58.6 Å². The third kappa shape index (κ3) is 4.28. The Bertz CT molecular complexity index is 1110. The number of fused-ring (bicyclic) bond motifs is 1. The second kappa shape index (κ2) is 8.35. The summed E-state index contributed by atoms with van der Waals surface area (Å²) in [6.07, 6.45) is 0. The Kier molecular flexibility index (Phi) is 5.82. The molecule has 0 bridgehead atoms. The summed E-state index contributed by atoms with van der Waals surface area (Å²) < 4.78 is 27.0. The molecule has 0 unspecified atom stereocenters. The van der Waals surface area contributed by atoms with Crippen LogP contribution in [0.1, 0.15) is 0 Å². The van der Waals surface area contributed by atoms with Gasteiger partial charge in [0, 0.05) is 26.2 Å². The van der Waals surface area contributed by atoms with Gasteiger partial charge in [0.25, 0.3) is 0 Å². The Morgan fingerprint density at radius 3 is 2.48 bits per heavy atom. The van der Waals surface area contributed by atoms with E-state index >= 15 is 0 Å². The number of nitrogens with one attached hydrogen (secondary N) is 1. The van der Waals surface area contributed by atoms with Crippen molar-refractivity contribution in [2.24, 2.45) is 0 Å². The molecular weight excluding hydrogens is 432 g/mol. The Hall–Kier alpha value is -2.07. The van der Waals surface area contributed by atoms with Crippen LogP contribution in [0.5, 0.6) is 0 Å². The van der Waals surface area contributed by atoms with Crippen LogP contribution in [0.2, 0.25) is 5.02 Å². The van der Waals surface area contributed by atoms with Crippen molar-refractivity contribution in [2.45, 2.75) is 10.1 Å². The number of halogens is 1. The Balaban J connectivity index is 1.34. The summed E-state index contributed by atoms with van der Waals surface area (Å²) in [6, 6.07) is 14.1. The van der Waals surface area contributed by atoms with Crippen LogP contribution in [-0.2, 0) is 14.8 Å². The van der Waals surface area contributed by atoms with Crippen LogP contribution in [0.4, 0.5) is 0 Å². The molecule has 0 radical (unpaired) electrons. The first-order valence-electron chi connectivity index (χ1n) is 9.05. The fourth-order valence-electron chi connectivity index (χ4n) is 3.19. The number of rotatable bonds is 5. The lowest BCUT2D eigenvalue weighted by Gasteiger charge is -2.34. The van der Waals surface area contributed by atoms with Gasteiger partial charge >= 0.3 is 0 Å². The summed E-state index contributed by atoms with van der Waals surface area (Å²) in [7, 11) is -3.67. The minimum atomic E-state index is -3.67. The lowest BCUT2D eigenvalue weighted by molar-refractivity contribution is -0.129. The van der Waals surface area contributed by atoms with E-state index in [1.54, 1.807) is 23.1 Å². The molecular formula is C19H19ClN4O3S2. The summed E-state index contributed by atoms with van der Waals surface area (Å²) in [5.74, 6) is 0.210. The number of aromatic nitrogens is 2. The van der Waals surface area contributed by atoms with E-state index < -0.39 is 10.0 Å². The molecule has 0 atom stereocenters. The van der Waals surface area contributed by atoms with Crippen molar-refractivity contribution >= 4 is 50.3 Å². The maximum atomic E-state index is 12.8. The van der Waals surface area contributed by atoms with Gasteiger partial charge in [-0.1, -0.05) is 47.6 Å². The third-order valence-corrected chi connectivity index (χ3v) is 8.00. The fourth-order valence-corrected chi connectivity index (χ4v) is 5.89. The van der Waals surface area contributed by atoms with Gasteiger partial charge < -0.3 is 9.88 Å². The zero-order chi connectivity index (χ0) is 20.4. The summed E-state index contributed by atoms with van der Waals surface area (Å²) in [6.45, 7) is 1.19. The SMILES string of the molecule is O=C(CSc1nc2ccccc2[nH]1)N1CCN(S(=O)(=O)c2ccccc2Cl)CC1. The quantitative estimate of drug-likeness (QED) is 0.604. The van der Waals surface area contributed by atoms with Gasteiger partial charge in [0.15, 0.2) is 5.16 Å². The number of H-pyrrole nitrogens is 1. The first kappa shape index (κ1) is 20.2. The molecule has 0 aliphatic carbocycles. The summed E-state index contributed by atoms with van der Waals surface area (Å²) in [4.78, 5) is 22.0. The molecule has 2 aromatic carbocycles. The van der Waals surface area contributed by atoms with Crippen LogP contribution in [0.25, 0.3) is 11.0 Å². The van der Waals surface area contributed by atoms with E-state index in [1.165, 1.54) is 22.1 Å².